The molecule has 1 atom stereocenters. The van der Waals surface area contributed by atoms with E-state index in [1.54, 1.807) is 54.6 Å². The number of likely N-dealkylation sites (tertiary alicyclic amines) is 1. The van der Waals surface area contributed by atoms with Gasteiger partial charge >= 0.3 is 0 Å². The van der Waals surface area contributed by atoms with Crippen molar-refractivity contribution in [2.45, 2.75) is 6.04 Å². The molecule has 1 aliphatic rings. The number of ketones is 1. The zero-order valence-corrected chi connectivity index (χ0v) is 16.0. The van der Waals surface area contributed by atoms with E-state index in [1.807, 2.05) is 0 Å². The highest BCUT2D eigenvalue weighted by molar-refractivity contribution is 9.10. The summed E-state index contributed by atoms with van der Waals surface area (Å²) in [6.45, 7) is 3.84. The van der Waals surface area contributed by atoms with Gasteiger partial charge in [0.25, 0.3) is 11.7 Å². The van der Waals surface area contributed by atoms with Gasteiger partial charge in [0.15, 0.2) is 0 Å². The van der Waals surface area contributed by atoms with Crippen LogP contribution in [0.2, 0.25) is 5.02 Å². The van der Waals surface area contributed by atoms with E-state index in [4.69, 9.17) is 11.6 Å². The molecule has 1 amide bonds. The maximum absolute atomic E-state index is 12.6. The molecule has 3 rings (SSSR count). The van der Waals surface area contributed by atoms with Crippen LogP contribution in [0.4, 0.5) is 0 Å². The summed E-state index contributed by atoms with van der Waals surface area (Å²) in [4.78, 5) is 26.5. The summed E-state index contributed by atoms with van der Waals surface area (Å²) in [7, 11) is 0. The molecule has 0 aliphatic carbocycles. The van der Waals surface area contributed by atoms with Gasteiger partial charge in [-0.15, -0.1) is 6.58 Å². The molecule has 1 fully saturated rings. The summed E-state index contributed by atoms with van der Waals surface area (Å²) in [5.74, 6) is -1.59. The first-order chi connectivity index (χ1) is 12.4. The molecule has 0 saturated carbocycles. The van der Waals surface area contributed by atoms with Crippen molar-refractivity contribution in [1.82, 2.24) is 4.90 Å². The summed E-state index contributed by atoms with van der Waals surface area (Å²) in [6, 6.07) is 13.0. The molecule has 1 saturated heterocycles. The van der Waals surface area contributed by atoms with Crippen LogP contribution < -0.4 is 0 Å². The highest BCUT2D eigenvalue weighted by Gasteiger charge is 2.45. The number of benzene rings is 2. The topological polar surface area (TPSA) is 57.6 Å². The lowest BCUT2D eigenvalue weighted by Gasteiger charge is -2.24. The number of halogens is 2. The molecule has 6 heteroatoms. The molecule has 0 bridgehead atoms. The second-order valence-electron chi connectivity index (χ2n) is 5.80. The van der Waals surface area contributed by atoms with Crippen LogP contribution in [-0.4, -0.2) is 28.2 Å². The van der Waals surface area contributed by atoms with Crippen molar-refractivity contribution in [3.8, 4) is 0 Å². The van der Waals surface area contributed by atoms with Crippen LogP contribution in [0.15, 0.2) is 71.2 Å². The van der Waals surface area contributed by atoms with Crippen LogP contribution in [0.1, 0.15) is 17.2 Å². The quantitative estimate of drug-likeness (QED) is 0.329. The summed E-state index contributed by atoms with van der Waals surface area (Å²) in [5, 5.41) is 11.3. The molecule has 2 aromatic carbocycles. The van der Waals surface area contributed by atoms with E-state index < -0.39 is 17.7 Å². The molecule has 0 aromatic heterocycles. The van der Waals surface area contributed by atoms with Gasteiger partial charge in [-0.1, -0.05) is 57.9 Å². The zero-order valence-electron chi connectivity index (χ0n) is 13.7. The number of amides is 1. The molecule has 4 nitrogen and oxygen atoms in total. The van der Waals surface area contributed by atoms with Gasteiger partial charge < -0.3 is 10.0 Å². The number of nitrogens with zero attached hydrogens (tertiary/aromatic N) is 1. The van der Waals surface area contributed by atoms with Gasteiger partial charge in [0.1, 0.15) is 5.76 Å². The molecular formula is C20H15BrClNO3. The number of rotatable bonds is 4. The predicted octanol–water partition coefficient (Wildman–Crippen LogP) is 4.71. The third-order valence-corrected chi connectivity index (χ3v) is 4.95. The third kappa shape index (κ3) is 3.32. The maximum Gasteiger partial charge on any atom is 0.295 e. The van der Waals surface area contributed by atoms with Crippen LogP contribution in [0.5, 0.6) is 0 Å². The smallest absolute Gasteiger partial charge is 0.295 e. The Morgan fingerprint density at radius 2 is 1.77 bits per heavy atom. The van der Waals surface area contributed by atoms with Gasteiger partial charge in [0.2, 0.25) is 0 Å². The standard InChI is InChI=1S/C20H15BrClNO3/c1-2-11-23-17(12-5-9-15(22)10-6-12)16(19(25)20(23)26)18(24)13-3-7-14(21)8-4-13/h2-10,17,24H,1,11H2/b18-16-. The van der Waals surface area contributed by atoms with Crippen molar-refractivity contribution in [2.24, 2.45) is 0 Å². The lowest BCUT2D eigenvalue weighted by molar-refractivity contribution is -0.139. The summed E-state index contributed by atoms with van der Waals surface area (Å²) in [5.41, 5.74) is 1.21. The lowest BCUT2D eigenvalue weighted by atomic mass is 9.95. The maximum atomic E-state index is 12.6. The number of carbonyl (C=O) groups excluding carboxylic acids is 2. The number of aliphatic hydroxyl groups is 1. The predicted molar refractivity (Wildman–Crippen MR) is 105 cm³/mol. The van der Waals surface area contributed by atoms with Crippen molar-refractivity contribution < 1.29 is 14.7 Å². The average molecular weight is 433 g/mol. The van der Waals surface area contributed by atoms with Crippen molar-refractivity contribution in [3.05, 3.63) is 87.4 Å². The highest BCUT2D eigenvalue weighted by Crippen LogP contribution is 2.39. The number of aliphatic hydroxyl groups excluding tert-OH is 1. The van der Waals surface area contributed by atoms with E-state index in [1.165, 1.54) is 4.90 Å². The zero-order chi connectivity index (χ0) is 18.8. The molecule has 1 heterocycles. The fourth-order valence-electron chi connectivity index (χ4n) is 2.96. The fraction of sp³-hybridized carbons (Fsp3) is 0.100. The van der Waals surface area contributed by atoms with Crippen molar-refractivity contribution >= 4 is 45.0 Å². The Labute approximate surface area is 164 Å². The Morgan fingerprint density at radius 3 is 2.35 bits per heavy atom. The number of carbonyl (C=O) groups is 2. The van der Waals surface area contributed by atoms with Crippen LogP contribution in [0, 0.1) is 0 Å². The Hall–Kier alpha value is -2.37. The van der Waals surface area contributed by atoms with E-state index in [-0.39, 0.29) is 17.9 Å². The fourth-order valence-corrected chi connectivity index (χ4v) is 3.35. The van der Waals surface area contributed by atoms with Crippen LogP contribution in [0.25, 0.3) is 5.76 Å². The minimum atomic E-state index is -0.716. The summed E-state index contributed by atoms with van der Waals surface area (Å²) < 4.78 is 0.843. The first-order valence-electron chi connectivity index (χ1n) is 7.84. The normalized spacial score (nSPS) is 19.0. The molecule has 1 unspecified atom stereocenters. The van der Waals surface area contributed by atoms with Crippen molar-refractivity contribution in [2.75, 3.05) is 6.54 Å². The van der Waals surface area contributed by atoms with E-state index in [0.29, 0.717) is 16.1 Å². The van der Waals surface area contributed by atoms with Gasteiger partial charge in [-0.05, 0) is 29.8 Å². The van der Waals surface area contributed by atoms with Gasteiger partial charge in [-0.3, -0.25) is 9.59 Å². The molecule has 0 spiro atoms. The second kappa shape index (κ2) is 7.48. The summed E-state index contributed by atoms with van der Waals surface area (Å²) in [6.07, 6.45) is 1.55. The van der Waals surface area contributed by atoms with E-state index in [0.717, 1.165) is 4.47 Å². The molecule has 132 valence electrons. The van der Waals surface area contributed by atoms with Crippen molar-refractivity contribution in [3.63, 3.8) is 0 Å². The Morgan fingerprint density at radius 1 is 1.15 bits per heavy atom. The van der Waals surface area contributed by atoms with Crippen LogP contribution >= 0.6 is 27.5 Å². The molecule has 1 N–H and O–H groups in total. The molecule has 2 aromatic rings. The second-order valence-corrected chi connectivity index (χ2v) is 7.15. The van der Waals surface area contributed by atoms with Gasteiger partial charge in [-0.2, -0.15) is 0 Å². The Balaban J connectivity index is 2.18. The van der Waals surface area contributed by atoms with E-state index in [2.05, 4.69) is 22.5 Å². The summed E-state index contributed by atoms with van der Waals surface area (Å²) >= 11 is 9.29. The largest absolute Gasteiger partial charge is 0.507 e. The molecule has 26 heavy (non-hydrogen) atoms. The molecule has 0 radical (unpaired) electrons. The SMILES string of the molecule is C=CCN1C(=O)C(=O)/C(=C(\O)c2ccc(Br)cc2)C1c1ccc(Cl)cc1. The highest BCUT2D eigenvalue weighted by atomic mass is 79.9. The first kappa shape index (κ1) is 18.4. The van der Waals surface area contributed by atoms with Gasteiger partial charge in [0, 0.05) is 21.6 Å². The average Bonchev–Trinajstić information content (AvgIpc) is 2.88. The van der Waals surface area contributed by atoms with Crippen LogP contribution in [-0.2, 0) is 9.59 Å². The van der Waals surface area contributed by atoms with E-state index in [9.17, 15) is 14.7 Å². The third-order valence-electron chi connectivity index (χ3n) is 4.17. The Bertz CT molecular complexity index is 904. The minimum Gasteiger partial charge on any atom is -0.507 e. The lowest BCUT2D eigenvalue weighted by Crippen LogP contribution is -2.29. The number of hydrogen-bond acceptors (Lipinski definition) is 3. The number of Topliss-reactive ketones (excluding diaryl/α,β-unsaturated/α-hetero) is 1. The number of hydrogen-bond donors (Lipinski definition) is 1. The van der Waals surface area contributed by atoms with Crippen LogP contribution in [0.3, 0.4) is 0 Å². The van der Waals surface area contributed by atoms with Gasteiger partial charge in [0.05, 0.1) is 11.6 Å². The van der Waals surface area contributed by atoms with Crippen molar-refractivity contribution in [1.29, 1.82) is 0 Å². The Kier molecular flexibility index (Phi) is 5.30. The minimum absolute atomic E-state index is 0.0569. The van der Waals surface area contributed by atoms with Gasteiger partial charge in [-0.25, -0.2) is 0 Å². The molecule has 1 aliphatic heterocycles. The molecular weight excluding hydrogens is 418 g/mol. The monoisotopic (exact) mass is 431 g/mol. The van der Waals surface area contributed by atoms with E-state index >= 15 is 0 Å². The first-order valence-corrected chi connectivity index (χ1v) is 9.02.